The molecule has 1 fully saturated rings. The highest BCUT2D eigenvalue weighted by Gasteiger charge is 2.38. The van der Waals surface area contributed by atoms with Gasteiger partial charge in [0.25, 0.3) is 0 Å². The molecule has 0 aliphatic carbocycles. The average molecular weight is 264 g/mol. The van der Waals surface area contributed by atoms with E-state index in [1.807, 2.05) is 25.1 Å². The molecule has 1 saturated heterocycles. The summed E-state index contributed by atoms with van der Waals surface area (Å²) in [7, 11) is 0. The van der Waals surface area contributed by atoms with Crippen molar-refractivity contribution >= 4 is 0 Å². The van der Waals surface area contributed by atoms with E-state index in [0.29, 0.717) is 6.61 Å². The topological polar surface area (TPSA) is 56.5 Å². The number of para-hydroxylation sites is 1. The van der Waals surface area contributed by atoms with Crippen LogP contribution in [0.2, 0.25) is 0 Å². The van der Waals surface area contributed by atoms with Gasteiger partial charge in [0.2, 0.25) is 0 Å². The molecule has 4 nitrogen and oxygen atoms in total. The lowest BCUT2D eigenvalue weighted by molar-refractivity contribution is -0.0902. The molecule has 1 aliphatic rings. The summed E-state index contributed by atoms with van der Waals surface area (Å²) < 4.78 is 11.7. The summed E-state index contributed by atoms with van der Waals surface area (Å²) in [5, 5.41) is 0. The minimum absolute atomic E-state index is 0.0597. The van der Waals surface area contributed by atoms with Crippen molar-refractivity contribution in [1.29, 1.82) is 0 Å². The molecule has 0 spiro atoms. The minimum Gasteiger partial charge on any atom is -0.494 e. The maximum absolute atomic E-state index is 6.01. The third kappa shape index (κ3) is 3.08. The molecule has 2 unspecified atom stereocenters. The Hall–Kier alpha value is -1.10. The molecule has 1 aromatic rings. The van der Waals surface area contributed by atoms with Crippen LogP contribution in [0.25, 0.3) is 0 Å². The van der Waals surface area contributed by atoms with Gasteiger partial charge in [0, 0.05) is 12.2 Å². The molecular formula is C15H24N2O2. The number of benzene rings is 1. The quantitative estimate of drug-likeness (QED) is 0.634. The van der Waals surface area contributed by atoms with Crippen LogP contribution in [0.1, 0.15) is 44.7 Å². The average Bonchev–Trinajstić information content (AvgIpc) is 2.42. The molecule has 2 rings (SSSR count). The normalized spacial score (nSPS) is 25.0. The van der Waals surface area contributed by atoms with Crippen molar-refractivity contribution in [3.8, 4) is 5.75 Å². The van der Waals surface area contributed by atoms with Crippen molar-refractivity contribution in [2.75, 3.05) is 13.2 Å². The van der Waals surface area contributed by atoms with E-state index in [2.05, 4.69) is 18.4 Å². The van der Waals surface area contributed by atoms with Gasteiger partial charge in [-0.25, -0.2) is 5.43 Å². The van der Waals surface area contributed by atoms with Crippen LogP contribution in [0, 0.1) is 0 Å². The molecule has 1 aromatic carbocycles. The summed E-state index contributed by atoms with van der Waals surface area (Å²) >= 11 is 0. The van der Waals surface area contributed by atoms with Gasteiger partial charge in [-0.05, 0) is 39.2 Å². The molecular weight excluding hydrogens is 240 g/mol. The molecule has 1 heterocycles. The van der Waals surface area contributed by atoms with Crippen LogP contribution >= 0.6 is 0 Å². The van der Waals surface area contributed by atoms with Gasteiger partial charge in [0.1, 0.15) is 5.75 Å². The van der Waals surface area contributed by atoms with Crippen LogP contribution in [0.5, 0.6) is 5.75 Å². The molecule has 0 bridgehead atoms. The van der Waals surface area contributed by atoms with Crippen molar-refractivity contribution in [3.05, 3.63) is 29.8 Å². The Morgan fingerprint density at radius 3 is 2.84 bits per heavy atom. The van der Waals surface area contributed by atoms with Crippen molar-refractivity contribution in [1.82, 2.24) is 5.43 Å². The molecule has 2 atom stereocenters. The van der Waals surface area contributed by atoms with E-state index in [-0.39, 0.29) is 11.6 Å². The van der Waals surface area contributed by atoms with Crippen molar-refractivity contribution in [3.63, 3.8) is 0 Å². The zero-order chi connectivity index (χ0) is 13.7. The largest absolute Gasteiger partial charge is 0.494 e. The van der Waals surface area contributed by atoms with Gasteiger partial charge < -0.3 is 9.47 Å². The van der Waals surface area contributed by atoms with E-state index in [0.717, 1.165) is 30.8 Å². The van der Waals surface area contributed by atoms with Crippen LogP contribution in [-0.4, -0.2) is 18.8 Å². The third-order valence-corrected chi connectivity index (χ3v) is 3.81. The van der Waals surface area contributed by atoms with Crippen molar-refractivity contribution < 1.29 is 9.47 Å². The smallest absolute Gasteiger partial charge is 0.124 e. The van der Waals surface area contributed by atoms with Gasteiger partial charge in [-0.15, -0.1) is 0 Å². The predicted octanol–water partition coefficient (Wildman–Crippen LogP) is 2.55. The second-order valence-corrected chi connectivity index (χ2v) is 5.19. The Morgan fingerprint density at radius 2 is 2.21 bits per heavy atom. The number of hydrogen-bond donors (Lipinski definition) is 2. The van der Waals surface area contributed by atoms with Gasteiger partial charge in [0.15, 0.2) is 0 Å². The Kier molecular flexibility index (Phi) is 4.80. The SMILES string of the molecule is CCOc1ccccc1C(NN)C1(C)CCCCO1. The van der Waals surface area contributed by atoms with E-state index in [1.54, 1.807) is 0 Å². The van der Waals surface area contributed by atoms with E-state index in [1.165, 1.54) is 6.42 Å². The highest BCUT2D eigenvalue weighted by Crippen LogP contribution is 2.39. The molecule has 1 aliphatic heterocycles. The monoisotopic (exact) mass is 264 g/mol. The summed E-state index contributed by atoms with van der Waals surface area (Å²) in [6.45, 7) is 5.55. The first-order valence-corrected chi connectivity index (χ1v) is 7.03. The van der Waals surface area contributed by atoms with E-state index < -0.39 is 0 Å². The summed E-state index contributed by atoms with van der Waals surface area (Å²) in [6, 6.07) is 7.96. The number of hydrogen-bond acceptors (Lipinski definition) is 4. The molecule has 19 heavy (non-hydrogen) atoms. The first kappa shape index (κ1) is 14.3. The van der Waals surface area contributed by atoms with Gasteiger partial charge >= 0.3 is 0 Å². The zero-order valence-corrected chi connectivity index (χ0v) is 11.8. The predicted molar refractivity (Wildman–Crippen MR) is 75.9 cm³/mol. The third-order valence-electron chi connectivity index (χ3n) is 3.81. The number of rotatable bonds is 5. The molecule has 0 saturated carbocycles. The molecule has 106 valence electrons. The Labute approximate surface area is 115 Å². The summed E-state index contributed by atoms with van der Waals surface area (Å²) in [4.78, 5) is 0. The van der Waals surface area contributed by atoms with E-state index in [9.17, 15) is 0 Å². The van der Waals surface area contributed by atoms with Crippen molar-refractivity contribution in [2.24, 2.45) is 5.84 Å². The first-order valence-electron chi connectivity index (χ1n) is 7.03. The van der Waals surface area contributed by atoms with E-state index >= 15 is 0 Å². The number of nitrogens with two attached hydrogens (primary N) is 1. The number of nitrogens with one attached hydrogen (secondary N) is 1. The fraction of sp³-hybridized carbons (Fsp3) is 0.600. The second kappa shape index (κ2) is 6.37. The van der Waals surface area contributed by atoms with Crippen molar-refractivity contribution in [2.45, 2.75) is 44.8 Å². The fourth-order valence-corrected chi connectivity index (χ4v) is 2.78. The summed E-state index contributed by atoms with van der Waals surface area (Å²) in [5.41, 5.74) is 3.71. The molecule has 0 radical (unpaired) electrons. The van der Waals surface area contributed by atoms with Gasteiger partial charge in [-0.1, -0.05) is 18.2 Å². The van der Waals surface area contributed by atoms with E-state index in [4.69, 9.17) is 15.3 Å². The summed E-state index contributed by atoms with van der Waals surface area (Å²) in [6.07, 6.45) is 3.30. The standard InChI is InChI=1S/C15H24N2O2/c1-3-18-13-9-5-4-8-12(13)14(17-16)15(2)10-6-7-11-19-15/h4-5,8-9,14,17H,3,6-7,10-11,16H2,1-2H3. The second-order valence-electron chi connectivity index (χ2n) is 5.19. The van der Waals surface area contributed by atoms with Crippen LogP contribution in [0.4, 0.5) is 0 Å². The zero-order valence-electron chi connectivity index (χ0n) is 11.8. The molecule has 4 heteroatoms. The maximum atomic E-state index is 6.01. The number of ether oxygens (including phenoxy) is 2. The van der Waals surface area contributed by atoms with Crippen LogP contribution < -0.4 is 16.0 Å². The lowest BCUT2D eigenvalue weighted by Gasteiger charge is -2.40. The molecule has 0 aromatic heterocycles. The van der Waals surface area contributed by atoms with Gasteiger partial charge in [-0.2, -0.15) is 0 Å². The number of hydrazine groups is 1. The van der Waals surface area contributed by atoms with Gasteiger partial charge in [-0.3, -0.25) is 5.84 Å². The Bertz CT molecular complexity index is 403. The Balaban J connectivity index is 2.30. The highest BCUT2D eigenvalue weighted by molar-refractivity contribution is 5.37. The van der Waals surface area contributed by atoms with Gasteiger partial charge in [0.05, 0.1) is 18.2 Å². The molecule has 3 N–H and O–H groups in total. The van der Waals surface area contributed by atoms with Crippen LogP contribution in [-0.2, 0) is 4.74 Å². The summed E-state index contributed by atoms with van der Waals surface area (Å²) in [5.74, 6) is 6.68. The maximum Gasteiger partial charge on any atom is 0.124 e. The minimum atomic E-state index is -0.278. The van der Waals surface area contributed by atoms with Crippen LogP contribution in [0.15, 0.2) is 24.3 Å². The fourth-order valence-electron chi connectivity index (χ4n) is 2.78. The Morgan fingerprint density at radius 1 is 1.42 bits per heavy atom. The highest BCUT2D eigenvalue weighted by atomic mass is 16.5. The lowest BCUT2D eigenvalue weighted by atomic mass is 9.84. The van der Waals surface area contributed by atoms with Crippen LogP contribution in [0.3, 0.4) is 0 Å². The molecule has 0 amide bonds. The first-order chi connectivity index (χ1) is 9.21. The lowest BCUT2D eigenvalue weighted by Crippen LogP contribution is -2.48.